The lowest BCUT2D eigenvalue weighted by molar-refractivity contribution is -0.139. The molecule has 0 aliphatic heterocycles. The molecule has 5 aromatic rings. The van der Waals surface area contributed by atoms with Crippen LogP contribution < -0.4 is 4.74 Å². The van der Waals surface area contributed by atoms with Crippen molar-refractivity contribution in [3.63, 3.8) is 0 Å². The molecule has 44 heavy (non-hydrogen) atoms. The van der Waals surface area contributed by atoms with Gasteiger partial charge in [0.25, 0.3) is 0 Å². The van der Waals surface area contributed by atoms with Crippen LogP contribution >= 0.6 is 46.9 Å². The Balaban J connectivity index is 1.42. The number of hydrogen-bond donors (Lipinski definition) is 1. The lowest BCUT2D eigenvalue weighted by Gasteiger charge is -2.12. The Bertz CT molecular complexity index is 1670. The molecule has 0 heterocycles. The second-order valence-electron chi connectivity index (χ2n) is 9.82. The highest BCUT2D eigenvalue weighted by Gasteiger charge is 2.10. The minimum absolute atomic E-state index is 0.362. The summed E-state index contributed by atoms with van der Waals surface area (Å²) in [5, 5.41) is 9.28. The summed E-state index contributed by atoms with van der Waals surface area (Å²) in [6.45, 7) is -0.429. The van der Waals surface area contributed by atoms with Crippen molar-refractivity contribution in [3.8, 4) is 28.0 Å². The minimum atomic E-state index is -1.04. The van der Waals surface area contributed by atoms with E-state index in [2.05, 4.69) is 116 Å². The summed E-state index contributed by atoms with van der Waals surface area (Å²) in [6.07, 6.45) is 6.44. The van der Waals surface area contributed by atoms with E-state index < -0.39 is 12.6 Å². The highest BCUT2D eigenvalue weighted by molar-refractivity contribution is 7.99. The first kappa shape index (κ1) is 31.9. The Morgan fingerprint density at radius 2 is 1.25 bits per heavy atom. The van der Waals surface area contributed by atoms with Crippen LogP contribution in [-0.4, -0.2) is 35.9 Å². The molecule has 0 radical (unpaired) electrons. The molecule has 222 valence electrons. The Morgan fingerprint density at radius 1 is 0.705 bits per heavy atom. The van der Waals surface area contributed by atoms with Gasteiger partial charge in [-0.15, -0.1) is 35.3 Å². The van der Waals surface area contributed by atoms with Crippen LogP contribution in [0.1, 0.15) is 11.1 Å². The topological polar surface area (TPSA) is 46.5 Å². The number of aliphatic carboxylic acids is 1. The van der Waals surface area contributed by atoms with E-state index in [1.54, 1.807) is 41.4 Å². The van der Waals surface area contributed by atoms with Gasteiger partial charge in [-0.25, -0.2) is 4.79 Å². The molecule has 0 amide bonds. The number of benzene rings is 5. The summed E-state index contributed by atoms with van der Waals surface area (Å²) in [7, 11) is 0. The molecule has 0 aliphatic rings. The van der Waals surface area contributed by atoms with E-state index in [4.69, 9.17) is 21.4 Å². The molecular formula is C37H31ClO3S3. The van der Waals surface area contributed by atoms with Crippen molar-refractivity contribution in [2.24, 2.45) is 0 Å². The number of ether oxygens (including phenoxy) is 1. The van der Waals surface area contributed by atoms with Crippen LogP contribution in [0.5, 0.6) is 5.75 Å². The van der Waals surface area contributed by atoms with Gasteiger partial charge in [0.1, 0.15) is 5.75 Å². The van der Waals surface area contributed by atoms with Gasteiger partial charge in [0.15, 0.2) is 6.61 Å². The summed E-state index contributed by atoms with van der Waals surface area (Å²) < 4.78 is 5.27. The van der Waals surface area contributed by atoms with Crippen molar-refractivity contribution < 1.29 is 14.6 Å². The second-order valence-corrected chi connectivity index (χ2v) is 13.1. The standard InChI is InChI=1S/C37H31ClO3S3/c1-42-31-7-3-5-29(21-31)25-9-13-27(14-10-25)34(19-20-44-33-17-18-36(35(38)23-33)41-24-37(39)40)28-15-11-26(12-16-28)30-6-4-8-32(22-30)43-2/h3-19,21-23H,20,24H2,1-2H3,(H,39,40). The number of carbonyl (C=O) groups is 1. The first-order chi connectivity index (χ1) is 21.4. The van der Waals surface area contributed by atoms with Gasteiger partial charge in [0.05, 0.1) is 5.02 Å². The smallest absolute Gasteiger partial charge is 0.341 e. The molecule has 0 saturated heterocycles. The first-order valence-electron chi connectivity index (χ1n) is 13.9. The zero-order valence-electron chi connectivity index (χ0n) is 24.3. The Morgan fingerprint density at radius 3 is 1.73 bits per heavy atom. The van der Waals surface area contributed by atoms with Crippen LogP contribution in [0.15, 0.2) is 136 Å². The van der Waals surface area contributed by atoms with Crippen molar-refractivity contribution >= 4 is 58.4 Å². The van der Waals surface area contributed by atoms with E-state index in [1.165, 1.54) is 32.0 Å². The average molecular weight is 655 g/mol. The van der Waals surface area contributed by atoms with Gasteiger partial charge in [-0.05, 0) is 93.9 Å². The maximum absolute atomic E-state index is 10.8. The fourth-order valence-electron chi connectivity index (χ4n) is 4.74. The lowest BCUT2D eigenvalue weighted by Crippen LogP contribution is -2.09. The van der Waals surface area contributed by atoms with Gasteiger partial charge in [-0.1, -0.05) is 90.5 Å². The molecule has 0 fully saturated rings. The number of hydrogen-bond acceptors (Lipinski definition) is 5. The Labute approximate surface area is 276 Å². The Kier molecular flexibility index (Phi) is 11.2. The molecule has 5 aromatic carbocycles. The molecule has 0 aromatic heterocycles. The maximum atomic E-state index is 10.8. The van der Waals surface area contributed by atoms with Crippen LogP contribution in [0.4, 0.5) is 0 Å². The van der Waals surface area contributed by atoms with Gasteiger partial charge in [0, 0.05) is 20.4 Å². The summed E-state index contributed by atoms with van der Waals surface area (Å²) in [6, 6.07) is 40.2. The molecule has 3 nitrogen and oxygen atoms in total. The largest absolute Gasteiger partial charge is 0.480 e. The van der Waals surface area contributed by atoms with Crippen molar-refractivity contribution in [3.05, 3.63) is 137 Å². The average Bonchev–Trinajstić information content (AvgIpc) is 3.06. The Hall–Kier alpha value is -3.55. The maximum Gasteiger partial charge on any atom is 0.341 e. The van der Waals surface area contributed by atoms with Crippen LogP contribution in [-0.2, 0) is 4.79 Å². The van der Waals surface area contributed by atoms with E-state index in [0.717, 1.165) is 27.3 Å². The molecule has 0 unspecified atom stereocenters. The number of carboxylic acid groups (broad SMARTS) is 1. The van der Waals surface area contributed by atoms with Gasteiger partial charge in [-0.3, -0.25) is 0 Å². The molecule has 0 aliphatic carbocycles. The highest BCUT2D eigenvalue weighted by atomic mass is 35.5. The molecular weight excluding hydrogens is 624 g/mol. The SMILES string of the molecule is CSc1cccc(-c2ccc(C(=CCSc3ccc(OCC(=O)O)c(Cl)c3)c3ccc(-c4cccc(SC)c4)cc3)cc2)c1. The summed E-state index contributed by atoms with van der Waals surface area (Å²) in [4.78, 5) is 14.3. The van der Waals surface area contributed by atoms with Crippen LogP contribution in [0.3, 0.4) is 0 Å². The third-order valence-electron chi connectivity index (χ3n) is 6.99. The molecule has 7 heteroatoms. The predicted molar refractivity (Wildman–Crippen MR) is 190 cm³/mol. The molecule has 0 atom stereocenters. The van der Waals surface area contributed by atoms with Crippen LogP contribution in [0.2, 0.25) is 5.02 Å². The fraction of sp³-hybridized carbons (Fsp3) is 0.108. The van der Waals surface area contributed by atoms with Gasteiger partial charge in [-0.2, -0.15) is 0 Å². The zero-order chi connectivity index (χ0) is 30.9. The van der Waals surface area contributed by atoms with Gasteiger partial charge >= 0.3 is 5.97 Å². The van der Waals surface area contributed by atoms with Gasteiger partial charge in [0.2, 0.25) is 0 Å². The molecule has 0 spiro atoms. The zero-order valence-corrected chi connectivity index (χ0v) is 27.5. The first-order valence-corrected chi connectivity index (χ1v) is 17.7. The molecule has 5 rings (SSSR count). The van der Waals surface area contributed by atoms with Crippen LogP contribution in [0, 0.1) is 0 Å². The third-order valence-corrected chi connectivity index (χ3v) is 9.66. The highest BCUT2D eigenvalue weighted by Crippen LogP contribution is 2.33. The number of rotatable bonds is 12. The molecule has 0 saturated carbocycles. The molecule has 0 bridgehead atoms. The fourth-order valence-corrected chi connectivity index (χ4v) is 6.77. The summed E-state index contributed by atoms with van der Waals surface area (Å²) in [5.41, 5.74) is 8.21. The van der Waals surface area contributed by atoms with Crippen LogP contribution in [0.25, 0.3) is 27.8 Å². The second kappa shape index (κ2) is 15.4. The van der Waals surface area contributed by atoms with E-state index in [0.29, 0.717) is 10.8 Å². The number of halogens is 1. The monoisotopic (exact) mass is 654 g/mol. The summed E-state index contributed by atoms with van der Waals surface area (Å²) >= 11 is 11.5. The van der Waals surface area contributed by atoms with Crippen molar-refractivity contribution in [2.45, 2.75) is 14.7 Å². The normalized spacial score (nSPS) is 10.8. The van der Waals surface area contributed by atoms with Crippen molar-refractivity contribution in [2.75, 3.05) is 24.9 Å². The predicted octanol–water partition coefficient (Wildman–Crippen LogP) is 10.8. The van der Waals surface area contributed by atoms with E-state index in [9.17, 15) is 4.79 Å². The third kappa shape index (κ3) is 8.33. The van der Waals surface area contributed by atoms with E-state index >= 15 is 0 Å². The summed E-state index contributed by atoms with van der Waals surface area (Å²) in [5.74, 6) is 0.0388. The molecule has 1 N–H and O–H groups in total. The van der Waals surface area contributed by atoms with E-state index in [-0.39, 0.29) is 0 Å². The minimum Gasteiger partial charge on any atom is -0.480 e. The van der Waals surface area contributed by atoms with Crippen molar-refractivity contribution in [1.29, 1.82) is 0 Å². The van der Waals surface area contributed by atoms with Gasteiger partial charge < -0.3 is 9.84 Å². The lowest BCUT2D eigenvalue weighted by atomic mass is 9.94. The van der Waals surface area contributed by atoms with E-state index in [1.807, 2.05) is 12.1 Å². The van der Waals surface area contributed by atoms with Crippen molar-refractivity contribution in [1.82, 2.24) is 0 Å². The number of carboxylic acids is 1. The number of thioether (sulfide) groups is 3. The quantitative estimate of drug-likeness (QED) is 0.135.